The van der Waals surface area contributed by atoms with Gasteiger partial charge in [0, 0.05) is 12.6 Å². The van der Waals surface area contributed by atoms with E-state index >= 15 is 0 Å². The van der Waals surface area contributed by atoms with Crippen LogP contribution in [0, 0.1) is 0 Å². The molecule has 1 aliphatic carbocycles. The summed E-state index contributed by atoms with van der Waals surface area (Å²) in [6.45, 7) is 2.05. The van der Waals surface area contributed by atoms with Crippen LogP contribution in [0.25, 0.3) is 0 Å². The summed E-state index contributed by atoms with van der Waals surface area (Å²) in [5, 5.41) is 12.4. The van der Waals surface area contributed by atoms with Crippen LogP contribution in [0.4, 0.5) is 13.2 Å². The number of nitrogens with zero attached hydrogens (tertiary/aromatic N) is 1. The number of carboxylic acid groups (broad SMARTS) is 1. The van der Waals surface area contributed by atoms with E-state index in [4.69, 9.17) is 0 Å². The highest BCUT2D eigenvalue weighted by atomic mass is 19.4. The SMILES string of the molecule is CN(CCCC(C)(NC1CC1)C(=O)O)CCC(F)(F)F. The first kappa shape index (κ1) is 17.2. The smallest absolute Gasteiger partial charge is 0.390 e. The Labute approximate surface area is 117 Å². The van der Waals surface area contributed by atoms with Gasteiger partial charge in [0.2, 0.25) is 0 Å². The van der Waals surface area contributed by atoms with E-state index in [0.29, 0.717) is 19.4 Å². The van der Waals surface area contributed by atoms with Crippen molar-refractivity contribution < 1.29 is 23.1 Å². The molecule has 0 saturated heterocycles. The third-order valence-electron chi connectivity index (χ3n) is 3.57. The van der Waals surface area contributed by atoms with Crippen molar-refractivity contribution in [2.75, 3.05) is 20.1 Å². The lowest BCUT2D eigenvalue weighted by atomic mass is 9.95. The van der Waals surface area contributed by atoms with Crippen LogP contribution in [0.2, 0.25) is 0 Å². The molecule has 118 valence electrons. The minimum Gasteiger partial charge on any atom is -0.480 e. The third kappa shape index (κ3) is 6.56. The van der Waals surface area contributed by atoms with Crippen molar-refractivity contribution >= 4 is 5.97 Å². The molecule has 0 aliphatic heterocycles. The highest BCUT2D eigenvalue weighted by Gasteiger charge is 2.38. The number of hydrogen-bond acceptors (Lipinski definition) is 3. The summed E-state index contributed by atoms with van der Waals surface area (Å²) in [7, 11) is 1.62. The zero-order valence-corrected chi connectivity index (χ0v) is 12.0. The molecule has 0 bridgehead atoms. The monoisotopic (exact) mass is 296 g/mol. The molecule has 7 heteroatoms. The summed E-state index contributed by atoms with van der Waals surface area (Å²) in [4.78, 5) is 12.9. The van der Waals surface area contributed by atoms with Crippen LogP contribution in [0.5, 0.6) is 0 Å². The predicted octanol–water partition coefficient (Wildman–Crippen LogP) is 2.25. The van der Waals surface area contributed by atoms with E-state index in [1.807, 2.05) is 0 Å². The van der Waals surface area contributed by atoms with E-state index in [9.17, 15) is 23.1 Å². The Kier molecular flexibility index (Phi) is 5.82. The van der Waals surface area contributed by atoms with Crippen molar-refractivity contribution in [3.8, 4) is 0 Å². The maximum atomic E-state index is 12.1. The normalized spacial score (nSPS) is 19.1. The van der Waals surface area contributed by atoms with Crippen molar-refractivity contribution in [2.24, 2.45) is 0 Å². The van der Waals surface area contributed by atoms with Crippen LogP contribution < -0.4 is 5.32 Å². The molecule has 0 aromatic rings. The van der Waals surface area contributed by atoms with Gasteiger partial charge in [0.05, 0.1) is 6.42 Å². The zero-order chi connectivity index (χ0) is 15.4. The van der Waals surface area contributed by atoms with E-state index < -0.39 is 24.1 Å². The quantitative estimate of drug-likeness (QED) is 0.685. The molecule has 20 heavy (non-hydrogen) atoms. The lowest BCUT2D eigenvalue weighted by molar-refractivity contribution is -0.144. The Bertz CT molecular complexity index is 332. The van der Waals surface area contributed by atoms with Gasteiger partial charge in [0.25, 0.3) is 0 Å². The third-order valence-corrected chi connectivity index (χ3v) is 3.57. The predicted molar refractivity (Wildman–Crippen MR) is 69.6 cm³/mol. The largest absolute Gasteiger partial charge is 0.480 e. The molecule has 1 unspecified atom stereocenters. The average Bonchev–Trinajstić information content (AvgIpc) is 3.09. The molecular formula is C13H23F3N2O2. The second-order valence-corrected chi connectivity index (χ2v) is 5.83. The molecular weight excluding hydrogens is 273 g/mol. The van der Waals surface area contributed by atoms with Gasteiger partial charge in [0.1, 0.15) is 5.54 Å². The number of nitrogens with one attached hydrogen (secondary N) is 1. The molecule has 1 fully saturated rings. The summed E-state index contributed by atoms with van der Waals surface area (Å²) in [5.74, 6) is -0.901. The molecule has 2 N–H and O–H groups in total. The fourth-order valence-electron chi connectivity index (χ4n) is 2.05. The van der Waals surface area contributed by atoms with Gasteiger partial charge in [0.15, 0.2) is 0 Å². The number of carbonyl (C=O) groups is 1. The number of halogens is 3. The molecule has 0 aromatic heterocycles. The Morgan fingerprint density at radius 1 is 1.30 bits per heavy atom. The highest BCUT2D eigenvalue weighted by Crippen LogP contribution is 2.25. The standard InChI is InChI=1S/C13H23F3N2O2/c1-12(11(19)20,17-10-4-5-10)6-3-8-18(2)9-7-13(14,15)16/h10,17H,3-9H2,1-2H3,(H,19,20). The minimum atomic E-state index is -4.14. The minimum absolute atomic E-state index is 0.0522. The molecule has 0 heterocycles. The maximum absolute atomic E-state index is 12.1. The molecule has 0 radical (unpaired) electrons. The van der Waals surface area contributed by atoms with Crippen LogP contribution in [0.3, 0.4) is 0 Å². The Balaban J connectivity index is 2.27. The summed E-state index contributed by atoms with van der Waals surface area (Å²) in [6, 6.07) is 0.277. The average molecular weight is 296 g/mol. The summed E-state index contributed by atoms with van der Waals surface area (Å²) < 4.78 is 36.2. The molecule has 0 amide bonds. The first-order chi connectivity index (χ1) is 9.12. The molecule has 4 nitrogen and oxygen atoms in total. The van der Waals surface area contributed by atoms with Gasteiger partial charge < -0.3 is 10.0 Å². The van der Waals surface area contributed by atoms with Gasteiger partial charge in [-0.2, -0.15) is 13.2 Å². The van der Waals surface area contributed by atoms with Gasteiger partial charge in [-0.25, -0.2) is 0 Å². The number of rotatable bonds is 9. The molecule has 1 atom stereocenters. The molecule has 1 rings (SSSR count). The summed E-state index contributed by atoms with van der Waals surface area (Å²) in [5.41, 5.74) is -0.980. The number of aliphatic carboxylic acids is 1. The first-order valence-corrected chi connectivity index (χ1v) is 6.89. The lowest BCUT2D eigenvalue weighted by Gasteiger charge is -2.27. The van der Waals surface area contributed by atoms with Gasteiger partial charge in [-0.05, 0) is 46.2 Å². The van der Waals surface area contributed by atoms with Crippen LogP contribution in [0.15, 0.2) is 0 Å². The number of carboxylic acids is 1. The second-order valence-electron chi connectivity index (χ2n) is 5.83. The molecule has 0 spiro atoms. The van der Waals surface area contributed by atoms with E-state index in [-0.39, 0.29) is 12.6 Å². The van der Waals surface area contributed by atoms with Crippen molar-refractivity contribution in [2.45, 2.75) is 56.8 Å². The molecule has 1 saturated carbocycles. The van der Waals surface area contributed by atoms with Gasteiger partial charge >= 0.3 is 12.1 Å². The number of hydrogen-bond donors (Lipinski definition) is 2. The maximum Gasteiger partial charge on any atom is 0.390 e. The van der Waals surface area contributed by atoms with Crippen LogP contribution >= 0.6 is 0 Å². The Hall–Kier alpha value is -0.820. The Morgan fingerprint density at radius 3 is 2.35 bits per heavy atom. The van der Waals surface area contributed by atoms with Crippen LogP contribution in [-0.4, -0.2) is 53.9 Å². The summed E-state index contributed by atoms with van der Waals surface area (Å²) in [6.07, 6.45) is -2.02. The fourth-order valence-corrected chi connectivity index (χ4v) is 2.05. The molecule has 0 aromatic carbocycles. The van der Waals surface area contributed by atoms with Crippen LogP contribution in [-0.2, 0) is 4.79 Å². The van der Waals surface area contributed by atoms with Gasteiger partial charge in [-0.15, -0.1) is 0 Å². The van der Waals surface area contributed by atoms with Crippen molar-refractivity contribution in [3.05, 3.63) is 0 Å². The van der Waals surface area contributed by atoms with E-state index in [2.05, 4.69) is 5.32 Å². The van der Waals surface area contributed by atoms with Crippen molar-refractivity contribution in [1.82, 2.24) is 10.2 Å². The Morgan fingerprint density at radius 2 is 1.90 bits per heavy atom. The summed E-state index contributed by atoms with van der Waals surface area (Å²) >= 11 is 0. The van der Waals surface area contributed by atoms with Gasteiger partial charge in [-0.3, -0.25) is 10.1 Å². The first-order valence-electron chi connectivity index (χ1n) is 6.89. The number of alkyl halides is 3. The topological polar surface area (TPSA) is 52.6 Å². The van der Waals surface area contributed by atoms with E-state index in [1.54, 1.807) is 18.9 Å². The highest BCUT2D eigenvalue weighted by molar-refractivity contribution is 5.78. The van der Waals surface area contributed by atoms with Crippen molar-refractivity contribution in [3.63, 3.8) is 0 Å². The second kappa shape index (κ2) is 6.76. The van der Waals surface area contributed by atoms with E-state index in [1.165, 1.54) is 0 Å². The van der Waals surface area contributed by atoms with Gasteiger partial charge in [-0.1, -0.05) is 0 Å². The molecule has 1 aliphatic rings. The van der Waals surface area contributed by atoms with Crippen molar-refractivity contribution in [1.29, 1.82) is 0 Å². The van der Waals surface area contributed by atoms with E-state index in [0.717, 1.165) is 12.8 Å². The zero-order valence-electron chi connectivity index (χ0n) is 12.0. The lowest BCUT2D eigenvalue weighted by Crippen LogP contribution is -2.50. The van der Waals surface area contributed by atoms with Crippen LogP contribution in [0.1, 0.15) is 39.0 Å². The fraction of sp³-hybridized carbons (Fsp3) is 0.923.